The molecule has 2 atom stereocenters. The van der Waals surface area contributed by atoms with E-state index in [-0.39, 0.29) is 0 Å². The molecule has 1 heterocycles. The predicted molar refractivity (Wildman–Crippen MR) is 83.9 cm³/mol. The van der Waals surface area contributed by atoms with E-state index in [1.54, 1.807) is 7.11 Å². The zero-order valence-corrected chi connectivity index (χ0v) is 13.0. The smallest absolute Gasteiger partial charge is 0.145 e. The fourth-order valence-electron chi connectivity index (χ4n) is 2.92. The standard InChI is InChI=1S/C17H25N3O/c1-3-10-19-17(13-18,15-7-5-4-6-8-15)14-20-11-9-16(12-20)21-2/h4-8,16,19H,3,9-12,14H2,1-2H3. The summed E-state index contributed by atoms with van der Waals surface area (Å²) in [6, 6.07) is 12.6. The molecule has 0 aliphatic carbocycles. The second kappa shape index (κ2) is 7.56. The Balaban J connectivity index is 2.18. The molecule has 0 aromatic heterocycles. The van der Waals surface area contributed by atoms with Crippen molar-refractivity contribution in [3.05, 3.63) is 35.9 Å². The van der Waals surface area contributed by atoms with Gasteiger partial charge in [-0.3, -0.25) is 10.2 Å². The fourth-order valence-corrected chi connectivity index (χ4v) is 2.92. The summed E-state index contributed by atoms with van der Waals surface area (Å²) in [5, 5.41) is 13.3. The highest BCUT2D eigenvalue weighted by Crippen LogP contribution is 2.24. The maximum absolute atomic E-state index is 9.87. The summed E-state index contributed by atoms with van der Waals surface area (Å²) >= 11 is 0. The lowest BCUT2D eigenvalue weighted by Gasteiger charge is -2.32. The summed E-state index contributed by atoms with van der Waals surface area (Å²) in [4.78, 5) is 2.33. The van der Waals surface area contributed by atoms with Gasteiger partial charge in [-0.05, 0) is 24.9 Å². The number of rotatable bonds is 7. The van der Waals surface area contributed by atoms with E-state index in [4.69, 9.17) is 4.74 Å². The number of ether oxygens (including phenoxy) is 1. The van der Waals surface area contributed by atoms with Crippen LogP contribution in [0.15, 0.2) is 30.3 Å². The van der Waals surface area contributed by atoms with Crippen LogP contribution in [0.4, 0.5) is 0 Å². The van der Waals surface area contributed by atoms with Crippen LogP contribution in [0.3, 0.4) is 0 Å². The van der Waals surface area contributed by atoms with Crippen LogP contribution in [-0.4, -0.2) is 44.3 Å². The van der Waals surface area contributed by atoms with Gasteiger partial charge in [-0.2, -0.15) is 5.26 Å². The van der Waals surface area contributed by atoms with Gasteiger partial charge < -0.3 is 4.74 Å². The Morgan fingerprint density at radius 1 is 1.43 bits per heavy atom. The largest absolute Gasteiger partial charge is 0.380 e. The number of nitrogens with one attached hydrogen (secondary N) is 1. The summed E-state index contributed by atoms with van der Waals surface area (Å²) in [6.45, 7) is 5.55. The van der Waals surface area contributed by atoms with E-state index >= 15 is 0 Å². The van der Waals surface area contributed by atoms with Crippen molar-refractivity contribution in [1.82, 2.24) is 10.2 Å². The van der Waals surface area contributed by atoms with Crippen LogP contribution in [0.5, 0.6) is 0 Å². The SMILES string of the molecule is CCCNC(C#N)(CN1CCC(OC)C1)c1ccccc1. The molecule has 1 aromatic rings. The van der Waals surface area contributed by atoms with E-state index in [2.05, 4.69) is 23.2 Å². The van der Waals surface area contributed by atoms with E-state index < -0.39 is 5.54 Å². The molecule has 1 saturated heterocycles. The molecule has 1 fully saturated rings. The first-order valence-electron chi connectivity index (χ1n) is 7.71. The minimum Gasteiger partial charge on any atom is -0.380 e. The summed E-state index contributed by atoms with van der Waals surface area (Å²) in [5.41, 5.74) is 0.404. The molecule has 4 heteroatoms. The Bertz CT molecular complexity index is 471. The number of likely N-dealkylation sites (tertiary alicyclic amines) is 1. The van der Waals surface area contributed by atoms with Gasteiger partial charge in [0, 0.05) is 26.7 Å². The van der Waals surface area contributed by atoms with E-state index in [9.17, 15) is 5.26 Å². The molecule has 114 valence electrons. The molecule has 1 aliphatic rings. The van der Waals surface area contributed by atoms with Crippen molar-refractivity contribution < 1.29 is 4.74 Å². The summed E-state index contributed by atoms with van der Waals surface area (Å²) in [5.74, 6) is 0. The molecule has 0 bridgehead atoms. The summed E-state index contributed by atoms with van der Waals surface area (Å²) < 4.78 is 5.43. The summed E-state index contributed by atoms with van der Waals surface area (Å²) in [6.07, 6.45) is 2.35. The highest BCUT2D eigenvalue weighted by Gasteiger charge is 2.36. The average molecular weight is 287 g/mol. The zero-order chi connectivity index (χ0) is 15.1. The van der Waals surface area contributed by atoms with E-state index in [1.807, 2.05) is 30.3 Å². The molecule has 2 unspecified atom stereocenters. The Morgan fingerprint density at radius 3 is 2.76 bits per heavy atom. The lowest BCUT2D eigenvalue weighted by Crippen LogP contribution is -2.50. The molecule has 2 rings (SSSR count). The molecular formula is C17H25N3O. The topological polar surface area (TPSA) is 48.3 Å². The van der Waals surface area contributed by atoms with Crippen LogP contribution >= 0.6 is 0 Å². The van der Waals surface area contributed by atoms with Gasteiger partial charge in [0.25, 0.3) is 0 Å². The minimum atomic E-state index is -0.639. The number of hydrogen-bond acceptors (Lipinski definition) is 4. The Hall–Kier alpha value is -1.41. The lowest BCUT2D eigenvalue weighted by molar-refractivity contribution is 0.104. The van der Waals surface area contributed by atoms with Crippen molar-refractivity contribution in [2.75, 3.05) is 33.3 Å². The molecular weight excluding hydrogens is 262 g/mol. The van der Waals surface area contributed by atoms with E-state index in [0.717, 1.165) is 38.0 Å². The zero-order valence-electron chi connectivity index (χ0n) is 13.0. The van der Waals surface area contributed by atoms with Crippen molar-refractivity contribution in [3.63, 3.8) is 0 Å². The molecule has 1 aromatic carbocycles. The first-order chi connectivity index (χ1) is 10.2. The van der Waals surface area contributed by atoms with Gasteiger partial charge in [0.1, 0.15) is 5.54 Å². The second-order valence-corrected chi connectivity index (χ2v) is 5.69. The van der Waals surface area contributed by atoms with E-state index in [1.165, 1.54) is 0 Å². The average Bonchev–Trinajstić information content (AvgIpc) is 3.00. The maximum Gasteiger partial charge on any atom is 0.145 e. The Labute approximate surface area is 127 Å². The molecule has 1 N–H and O–H groups in total. The number of methoxy groups -OCH3 is 1. The van der Waals surface area contributed by atoms with Crippen LogP contribution in [0.25, 0.3) is 0 Å². The third-order valence-corrected chi connectivity index (χ3v) is 4.16. The molecule has 0 spiro atoms. The van der Waals surface area contributed by atoms with Crippen molar-refractivity contribution in [2.45, 2.75) is 31.4 Å². The molecule has 21 heavy (non-hydrogen) atoms. The summed E-state index contributed by atoms with van der Waals surface area (Å²) in [7, 11) is 1.76. The molecule has 0 saturated carbocycles. The highest BCUT2D eigenvalue weighted by atomic mass is 16.5. The fraction of sp³-hybridized carbons (Fsp3) is 0.588. The predicted octanol–water partition coefficient (Wildman–Crippen LogP) is 2.13. The monoisotopic (exact) mass is 287 g/mol. The van der Waals surface area contributed by atoms with Crippen LogP contribution in [0.1, 0.15) is 25.3 Å². The maximum atomic E-state index is 9.87. The molecule has 0 radical (unpaired) electrons. The molecule has 0 amide bonds. The molecule has 4 nitrogen and oxygen atoms in total. The van der Waals surface area contributed by atoms with E-state index in [0.29, 0.717) is 12.6 Å². The van der Waals surface area contributed by atoms with Gasteiger partial charge in [-0.1, -0.05) is 37.3 Å². The van der Waals surface area contributed by atoms with Gasteiger partial charge in [0.05, 0.1) is 12.2 Å². The van der Waals surface area contributed by atoms with Crippen LogP contribution in [-0.2, 0) is 10.3 Å². The number of hydrogen-bond donors (Lipinski definition) is 1. The number of benzene rings is 1. The highest BCUT2D eigenvalue weighted by molar-refractivity contribution is 5.32. The first-order valence-corrected chi connectivity index (χ1v) is 7.71. The van der Waals surface area contributed by atoms with Gasteiger partial charge in [-0.15, -0.1) is 0 Å². The number of nitrogens with zero attached hydrogens (tertiary/aromatic N) is 2. The Kier molecular flexibility index (Phi) is 5.75. The minimum absolute atomic E-state index is 0.295. The molecule has 1 aliphatic heterocycles. The van der Waals surface area contributed by atoms with Crippen LogP contribution in [0, 0.1) is 11.3 Å². The third-order valence-electron chi connectivity index (χ3n) is 4.16. The van der Waals surface area contributed by atoms with Crippen molar-refractivity contribution in [1.29, 1.82) is 5.26 Å². The van der Waals surface area contributed by atoms with Crippen LogP contribution in [0.2, 0.25) is 0 Å². The second-order valence-electron chi connectivity index (χ2n) is 5.69. The third kappa shape index (κ3) is 3.82. The van der Waals surface area contributed by atoms with Crippen molar-refractivity contribution in [3.8, 4) is 6.07 Å². The lowest BCUT2D eigenvalue weighted by atomic mass is 9.90. The van der Waals surface area contributed by atoms with Gasteiger partial charge >= 0.3 is 0 Å². The van der Waals surface area contributed by atoms with Crippen molar-refractivity contribution in [2.24, 2.45) is 0 Å². The number of nitriles is 1. The first kappa shape index (κ1) is 16.0. The quantitative estimate of drug-likeness (QED) is 0.834. The van der Waals surface area contributed by atoms with Gasteiger partial charge in [0.2, 0.25) is 0 Å². The van der Waals surface area contributed by atoms with Gasteiger partial charge in [0.15, 0.2) is 0 Å². The Morgan fingerprint density at radius 2 is 2.19 bits per heavy atom. The van der Waals surface area contributed by atoms with Crippen molar-refractivity contribution >= 4 is 0 Å². The normalized spacial score (nSPS) is 21.9. The van der Waals surface area contributed by atoms with Crippen LogP contribution < -0.4 is 5.32 Å². The van der Waals surface area contributed by atoms with Gasteiger partial charge in [-0.25, -0.2) is 0 Å².